The highest BCUT2D eigenvalue weighted by molar-refractivity contribution is 6.28. The zero-order valence-electron chi connectivity index (χ0n) is 28.9. The van der Waals surface area contributed by atoms with E-state index in [0.29, 0.717) is 22.8 Å². The van der Waals surface area contributed by atoms with Gasteiger partial charge in [0, 0.05) is 28.1 Å². The summed E-state index contributed by atoms with van der Waals surface area (Å²) in [6.45, 7) is 6.74. The van der Waals surface area contributed by atoms with Gasteiger partial charge >= 0.3 is 13.8 Å². The molecule has 5 nitrogen and oxygen atoms in total. The van der Waals surface area contributed by atoms with E-state index in [1.807, 2.05) is 86.7 Å². The molecule has 0 aliphatic carbocycles. The minimum atomic E-state index is -4.51. The number of methoxy groups -OCH3 is 2. The Labute approximate surface area is 291 Å². The van der Waals surface area contributed by atoms with E-state index >= 15 is 0 Å². The summed E-state index contributed by atoms with van der Waals surface area (Å²) in [5.74, 6) is 1.40. The van der Waals surface area contributed by atoms with Crippen molar-refractivity contribution in [1.29, 1.82) is 0 Å². The van der Waals surface area contributed by atoms with Crippen LogP contribution in [0, 0.1) is 27.7 Å². The molecule has 9 heteroatoms. The normalized spacial score (nSPS) is 13.7. The second-order valence-corrected chi connectivity index (χ2v) is 12.4. The van der Waals surface area contributed by atoms with Crippen LogP contribution in [0.4, 0.5) is 13.2 Å². The number of aliphatic imine (C=N–C) groups is 1. The molecule has 6 rings (SSSR count). The first-order chi connectivity index (χ1) is 23.9. The monoisotopic (exact) mass is 673 g/mol. The van der Waals surface area contributed by atoms with E-state index in [-0.39, 0.29) is 0 Å². The van der Waals surface area contributed by atoms with Gasteiger partial charge in [-0.3, -0.25) is 0 Å². The number of allylic oxidation sites excluding steroid dienone is 2. The lowest BCUT2D eigenvalue weighted by Gasteiger charge is -2.15. The van der Waals surface area contributed by atoms with Gasteiger partial charge in [-0.15, -0.1) is 0 Å². The van der Waals surface area contributed by atoms with Gasteiger partial charge < -0.3 is 18.6 Å². The van der Waals surface area contributed by atoms with Gasteiger partial charge in [-0.1, -0.05) is 47.5 Å². The molecule has 1 radical (unpaired) electrons. The fourth-order valence-corrected chi connectivity index (χ4v) is 6.24. The summed E-state index contributed by atoms with van der Waals surface area (Å²) in [6.07, 6.45) is -0.513. The Balaban J connectivity index is 1.61. The first-order valence-corrected chi connectivity index (χ1v) is 16.2. The molecule has 0 unspecified atom stereocenters. The predicted molar refractivity (Wildman–Crippen MR) is 196 cm³/mol. The largest absolute Gasteiger partial charge is 0.497 e. The lowest BCUT2D eigenvalue weighted by molar-refractivity contribution is -0.153. The fourth-order valence-electron chi connectivity index (χ4n) is 6.24. The lowest BCUT2D eigenvalue weighted by atomic mass is 9.94. The third-order valence-corrected chi connectivity index (χ3v) is 8.69. The highest BCUT2D eigenvalue weighted by atomic mass is 19.4. The highest BCUT2D eigenvalue weighted by Crippen LogP contribution is 2.40. The zero-order chi connectivity index (χ0) is 35.6. The SMILES string of the molecule is COc1ccc(C2=N/C(=C\c3c(-c4ccc(C)cc4C)cc(-c4ccc(OC)cc4)n3[B]OCC(F)(F)F)C(c3ccc(C)cc3C)=C2)cc1. The number of aryl methyl sites for hydroxylation is 4. The first-order valence-electron chi connectivity index (χ1n) is 16.2. The maximum atomic E-state index is 13.4. The zero-order valence-corrected chi connectivity index (χ0v) is 28.9. The van der Waals surface area contributed by atoms with Crippen molar-refractivity contribution in [2.24, 2.45) is 4.99 Å². The van der Waals surface area contributed by atoms with Gasteiger partial charge in [-0.25, -0.2) is 4.99 Å². The summed E-state index contributed by atoms with van der Waals surface area (Å²) < 4.78 is 57.9. The summed E-state index contributed by atoms with van der Waals surface area (Å²) in [5.41, 5.74) is 12.4. The molecule has 4 aromatic carbocycles. The third kappa shape index (κ3) is 7.48. The number of halogens is 3. The van der Waals surface area contributed by atoms with Crippen molar-refractivity contribution in [1.82, 2.24) is 4.48 Å². The Morgan fingerprint density at radius 3 is 1.80 bits per heavy atom. The summed E-state index contributed by atoms with van der Waals surface area (Å²) in [7, 11) is 4.36. The Bertz CT molecular complexity index is 2130. The Kier molecular flexibility index (Phi) is 9.89. The molecule has 1 aromatic heterocycles. The van der Waals surface area contributed by atoms with Gasteiger partial charge in [-0.05, 0) is 122 Å². The van der Waals surface area contributed by atoms with Gasteiger partial charge in [0.2, 0.25) is 0 Å². The molecule has 0 atom stereocenters. The molecule has 0 N–H and O–H groups in total. The van der Waals surface area contributed by atoms with Crippen molar-refractivity contribution < 1.29 is 27.3 Å². The van der Waals surface area contributed by atoms with E-state index in [4.69, 9.17) is 19.1 Å². The smallest absolute Gasteiger partial charge is 0.444 e. The topological polar surface area (TPSA) is 45.0 Å². The van der Waals surface area contributed by atoms with Crippen LogP contribution in [0.5, 0.6) is 11.5 Å². The molecular weight excluding hydrogens is 636 g/mol. The molecule has 0 bridgehead atoms. The summed E-state index contributed by atoms with van der Waals surface area (Å²) in [6, 6.07) is 29.5. The van der Waals surface area contributed by atoms with Gasteiger partial charge in [0.25, 0.3) is 0 Å². The van der Waals surface area contributed by atoms with Crippen LogP contribution < -0.4 is 9.47 Å². The lowest BCUT2D eigenvalue weighted by Crippen LogP contribution is -2.23. The molecule has 0 spiro atoms. The summed E-state index contributed by atoms with van der Waals surface area (Å²) in [4.78, 5) is 5.15. The molecule has 253 valence electrons. The van der Waals surface area contributed by atoms with Crippen LogP contribution >= 0.6 is 0 Å². The quantitative estimate of drug-likeness (QED) is 0.139. The van der Waals surface area contributed by atoms with Gasteiger partial charge in [0.1, 0.15) is 18.1 Å². The Morgan fingerprint density at radius 2 is 1.26 bits per heavy atom. The second-order valence-electron chi connectivity index (χ2n) is 12.4. The van der Waals surface area contributed by atoms with Crippen LogP contribution in [0.25, 0.3) is 34.0 Å². The van der Waals surface area contributed by atoms with Crippen LogP contribution in [-0.2, 0) is 4.65 Å². The molecule has 1 aliphatic rings. The summed E-state index contributed by atoms with van der Waals surface area (Å²) >= 11 is 0. The molecule has 0 fully saturated rings. The average Bonchev–Trinajstić information content (AvgIpc) is 3.66. The third-order valence-electron chi connectivity index (χ3n) is 8.69. The minimum absolute atomic E-state index is 0.621. The molecule has 50 heavy (non-hydrogen) atoms. The van der Waals surface area contributed by atoms with Crippen LogP contribution in [0.3, 0.4) is 0 Å². The molecule has 0 saturated carbocycles. The van der Waals surface area contributed by atoms with Crippen LogP contribution in [-0.4, -0.2) is 44.8 Å². The van der Waals surface area contributed by atoms with E-state index in [2.05, 4.69) is 44.2 Å². The molecule has 5 aromatic rings. The number of aromatic nitrogens is 1. The van der Waals surface area contributed by atoms with E-state index < -0.39 is 12.8 Å². The number of benzene rings is 4. The van der Waals surface area contributed by atoms with Crippen molar-refractivity contribution in [2.75, 3.05) is 20.8 Å². The van der Waals surface area contributed by atoms with Crippen LogP contribution in [0.2, 0.25) is 0 Å². The van der Waals surface area contributed by atoms with Crippen molar-refractivity contribution in [2.45, 2.75) is 33.9 Å². The average molecular weight is 674 g/mol. The predicted octanol–water partition coefficient (Wildman–Crippen LogP) is 9.96. The maximum Gasteiger partial charge on any atom is 0.444 e. The van der Waals surface area contributed by atoms with Crippen molar-refractivity contribution in [3.8, 4) is 33.9 Å². The number of ether oxygens (including phenoxy) is 2. The van der Waals surface area contributed by atoms with E-state index in [1.54, 1.807) is 18.7 Å². The van der Waals surface area contributed by atoms with Crippen LogP contribution in [0.15, 0.2) is 108 Å². The highest BCUT2D eigenvalue weighted by Gasteiger charge is 2.29. The Morgan fingerprint density at radius 1 is 0.700 bits per heavy atom. The van der Waals surface area contributed by atoms with E-state index in [0.717, 1.165) is 74.7 Å². The molecular formula is C41H37BF3N2O3. The second kappa shape index (κ2) is 14.3. The van der Waals surface area contributed by atoms with Gasteiger partial charge in [-0.2, -0.15) is 13.2 Å². The maximum absolute atomic E-state index is 13.4. The number of rotatable bonds is 10. The molecule has 1 aliphatic heterocycles. The number of hydrogen-bond donors (Lipinski definition) is 0. The molecule has 2 heterocycles. The van der Waals surface area contributed by atoms with Gasteiger partial charge in [0.05, 0.1) is 25.6 Å². The minimum Gasteiger partial charge on any atom is -0.497 e. The number of nitrogens with zero attached hydrogens (tertiary/aromatic N) is 2. The van der Waals surface area contributed by atoms with Crippen molar-refractivity contribution in [3.63, 3.8) is 0 Å². The summed E-state index contributed by atoms with van der Waals surface area (Å²) in [5, 5.41) is 0. The fraction of sp³-hybridized carbons (Fsp3) is 0.195. The van der Waals surface area contributed by atoms with E-state index in [1.165, 1.54) is 0 Å². The molecule has 0 amide bonds. The number of hydrogen-bond acceptors (Lipinski definition) is 4. The Hall–Kier alpha value is -5.28. The van der Waals surface area contributed by atoms with Crippen molar-refractivity contribution >= 4 is 25.0 Å². The van der Waals surface area contributed by atoms with E-state index in [9.17, 15) is 13.2 Å². The van der Waals surface area contributed by atoms with Crippen molar-refractivity contribution in [3.05, 3.63) is 142 Å². The van der Waals surface area contributed by atoms with Crippen LogP contribution in [0.1, 0.15) is 39.1 Å². The first kappa shape index (κ1) is 34.6. The number of alkyl halides is 3. The molecule has 0 saturated heterocycles. The standard InChI is InChI=1S/C41H37BF3N2O3/c1-25-7-17-33(27(3)19-25)35-21-37(29-9-13-31(48-5)14-10-29)46-38(35)23-40-36(34-18-8-26(2)20-28(34)4)22-39(30-11-15-32(49-6)16-12-30)47(40)42-50-24-41(43,44)45/h7-23H,24H2,1-6H3/b38-23-. The van der Waals surface area contributed by atoms with Gasteiger partial charge in [0.15, 0.2) is 0 Å².